The molecule has 0 amide bonds. The van der Waals surface area contributed by atoms with Gasteiger partial charge in [-0.15, -0.1) is 0 Å². The van der Waals surface area contributed by atoms with Crippen LogP contribution < -0.4 is 9.64 Å². The molecule has 0 aromatic heterocycles. The molecule has 2 aromatic carbocycles. The number of hydrazone groups is 1. The predicted octanol–water partition coefficient (Wildman–Crippen LogP) is 2.95. The lowest BCUT2D eigenvalue weighted by Crippen LogP contribution is -2.44. The smallest absolute Gasteiger partial charge is 0.166 e. The molecule has 24 heavy (non-hydrogen) atoms. The summed E-state index contributed by atoms with van der Waals surface area (Å²) >= 11 is 0. The van der Waals surface area contributed by atoms with Gasteiger partial charge in [0.2, 0.25) is 0 Å². The molecule has 0 aliphatic carbocycles. The number of anilines is 1. The van der Waals surface area contributed by atoms with Crippen molar-refractivity contribution in [2.75, 3.05) is 37.7 Å². The molecule has 3 rings (SSSR count). The summed E-state index contributed by atoms with van der Waals surface area (Å²) in [5, 5.41) is 16.7. The lowest BCUT2D eigenvalue weighted by molar-refractivity contribution is 0.272. The summed E-state index contributed by atoms with van der Waals surface area (Å²) in [6.07, 6.45) is 1.70. The number of hydrogen-bond donors (Lipinski definition) is 1. The fourth-order valence-electron chi connectivity index (χ4n) is 2.77. The first-order chi connectivity index (χ1) is 11.8. The number of phenols is 1. The van der Waals surface area contributed by atoms with Gasteiger partial charge in [0.05, 0.1) is 25.9 Å². The number of hydrogen-bond acceptors (Lipinski definition) is 5. The first-order valence-corrected chi connectivity index (χ1v) is 8.31. The van der Waals surface area contributed by atoms with Crippen molar-refractivity contribution in [3.63, 3.8) is 0 Å². The number of aromatic hydroxyl groups is 1. The summed E-state index contributed by atoms with van der Waals surface area (Å²) in [5.74, 6) is 0.640. The summed E-state index contributed by atoms with van der Waals surface area (Å²) in [6.45, 7) is 6.01. The maximum Gasteiger partial charge on any atom is 0.166 e. The molecular formula is C19H23N3O2. The van der Waals surface area contributed by atoms with E-state index in [1.54, 1.807) is 12.3 Å². The Morgan fingerprint density at radius 3 is 2.50 bits per heavy atom. The van der Waals surface area contributed by atoms with Crippen LogP contribution in [0.25, 0.3) is 0 Å². The third-order valence-electron chi connectivity index (χ3n) is 4.07. The summed E-state index contributed by atoms with van der Waals surface area (Å²) in [7, 11) is 0. The Kier molecular flexibility index (Phi) is 5.21. The first-order valence-electron chi connectivity index (χ1n) is 8.31. The number of para-hydroxylation sites is 2. The topological polar surface area (TPSA) is 48.3 Å². The van der Waals surface area contributed by atoms with Crippen LogP contribution in [0.15, 0.2) is 53.6 Å². The number of piperazine rings is 1. The van der Waals surface area contributed by atoms with Crippen molar-refractivity contribution >= 4 is 11.9 Å². The van der Waals surface area contributed by atoms with Crippen LogP contribution >= 0.6 is 0 Å². The van der Waals surface area contributed by atoms with E-state index in [1.807, 2.05) is 30.1 Å². The second-order valence-electron chi connectivity index (χ2n) is 5.65. The standard InChI is InChI=1S/C19H23N3O2/c1-2-24-18-10-6-7-16(19(18)23)15-20-22-13-11-21(12-14-22)17-8-4-3-5-9-17/h3-10,15,23H,2,11-14H2,1H3/b20-15-. The van der Waals surface area contributed by atoms with E-state index in [1.165, 1.54) is 5.69 Å². The molecule has 1 N–H and O–H groups in total. The molecular weight excluding hydrogens is 302 g/mol. The maximum atomic E-state index is 10.2. The van der Waals surface area contributed by atoms with Gasteiger partial charge in [-0.2, -0.15) is 5.10 Å². The number of phenolic OH excluding ortho intramolecular Hbond substituents is 1. The Morgan fingerprint density at radius 2 is 1.79 bits per heavy atom. The molecule has 0 atom stereocenters. The van der Waals surface area contributed by atoms with Crippen LogP contribution in [0.1, 0.15) is 12.5 Å². The minimum atomic E-state index is 0.144. The largest absolute Gasteiger partial charge is 0.504 e. The molecule has 0 spiro atoms. The normalized spacial score (nSPS) is 15.0. The molecule has 0 unspecified atom stereocenters. The van der Waals surface area contributed by atoms with E-state index in [9.17, 15) is 5.11 Å². The summed E-state index contributed by atoms with van der Waals surface area (Å²) < 4.78 is 5.40. The molecule has 1 heterocycles. The molecule has 126 valence electrons. The highest BCUT2D eigenvalue weighted by molar-refractivity contribution is 5.84. The highest BCUT2D eigenvalue weighted by atomic mass is 16.5. The van der Waals surface area contributed by atoms with Gasteiger partial charge in [0.15, 0.2) is 11.5 Å². The van der Waals surface area contributed by atoms with E-state index < -0.39 is 0 Å². The fourth-order valence-corrected chi connectivity index (χ4v) is 2.77. The quantitative estimate of drug-likeness (QED) is 0.859. The van der Waals surface area contributed by atoms with E-state index >= 15 is 0 Å². The van der Waals surface area contributed by atoms with E-state index in [4.69, 9.17) is 4.74 Å². The van der Waals surface area contributed by atoms with Gasteiger partial charge in [0, 0.05) is 24.3 Å². The van der Waals surface area contributed by atoms with Crippen molar-refractivity contribution in [2.45, 2.75) is 6.92 Å². The van der Waals surface area contributed by atoms with Crippen molar-refractivity contribution in [1.82, 2.24) is 5.01 Å². The van der Waals surface area contributed by atoms with Crippen molar-refractivity contribution in [3.8, 4) is 11.5 Å². The average molecular weight is 325 g/mol. The van der Waals surface area contributed by atoms with Crippen LogP contribution in [0.4, 0.5) is 5.69 Å². The van der Waals surface area contributed by atoms with Crippen LogP contribution in [-0.4, -0.2) is 49.1 Å². The third kappa shape index (κ3) is 3.79. The Morgan fingerprint density at radius 1 is 1.04 bits per heavy atom. The molecule has 1 aliphatic heterocycles. The third-order valence-corrected chi connectivity index (χ3v) is 4.07. The van der Waals surface area contributed by atoms with Crippen LogP contribution in [0.5, 0.6) is 11.5 Å². The van der Waals surface area contributed by atoms with Crippen LogP contribution in [-0.2, 0) is 0 Å². The number of benzene rings is 2. The van der Waals surface area contributed by atoms with E-state index in [0.29, 0.717) is 17.9 Å². The Bertz CT molecular complexity index is 680. The van der Waals surface area contributed by atoms with Gasteiger partial charge in [-0.25, -0.2) is 0 Å². The van der Waals surface area contributed by atoms with Crippen molar-refractivity contribution in [2.24, 2.45) is 5.10 Å². The molecule has 0 bridgehead atoms. The average Bonchev–Trinajstić information content (AvgIpc) is 2.64. The monoisotopic (exact) mass is 325 g/mol. The van der Waals surface area contributed by atoms with Gasteiger partial charge in [0.1, 0.15) is 0 Å². The Labute approximate surface area is 142 Å². The van der Waals surface area contributed by atoms with Gasteiger partial charge in [-0.05, 0) is 31.2 Å². The molecule has 2 aromatic rings. The van der Waals surface area contributed by atoms with Crippen molar-refractivity contribution < 1.29 is 9.84 Å². The van der Waals surface area contributed by atoms with Gasteiger partial charge in [-0.1, -0.05) is 24.3 Å². The zero-order valence-electron chi connectivity index (χ0n) is 13.9. The molecule has 5 nitrogen and oxygen atoms in total. The SMILES string of the molecule is CCOc1cccc(/C=N\N2CCN(c3ccccc3)CC2)c1O. The molecule has 0 saturated carbocycles. The number of nitrogens with zero attached hydrogens (tertiary/aromatic N) is 3. The van der Waals surface area contributed by atoms with Gasteiger partial charge < -0.3 is 14.7 Å². The summed E-state index contributed by atoms with van der Waals surface area (Å²) in [4.78, 5) is 2.36. The van der Waals surface area contributed by atoms with Gasteiger partial charge in [0.25, 0.3) is 0 Å². The minimum Gasteiger partial charge on any atom is -0.504 e. The minimum absolute atomic E-state index is 0.144. The van der Waals surface area contributed by atoms with Gasteiger partial charge in [-0.3, -0.25) is 5.01 Å². The zero-order valence-corrected chi connectivity index (χ0v) is 13.9. The molecule has 5 heteroatoms. The summed E-state index contributed by atoms with van der Waals surface area (Å²) in [6, 6.07) is 15.9. The predicted molar refractivity (Wildman–Crippen MR) is 97.1 cm³/mol. The van der Waals surface area contributed by atoms with Crippen LogP contribution in [0.2, 0.25) is 0 Å². The molecule has 0 radical (unpaired) electrons. The molecule has 1 aliphatic rings. The second-order valence-corrected chi connectivity index (χ2v) is 5.65. The Balaban J connectivity index is 1.60. The van der Waals surface area contributed by atoms with Gasteiger partial charge >= 0.3 is 0 Å². The van der Waals surface area contributed by atoms with E-state index in [0.717, 1.165) is 26.2 Å². The van der Waals surface area contributed by atoms with Crippen LogP contribution in [0, 0.1) is 0 Å². The van der Waals surface area contributed by atoms with Crippen molar-refractivity contribution in [3.05, 3.63) is 54.1 Å². The zero-order chi connectivity index (χ0) is 16.8. The highest BCUT2D eigenvalue weighted by Crippen LogP contribution is 2.28. The van der Waals surface area contributed by atoms with Crippen LogP contribution in [0.3, 0.4) is 0 Å². The highest BCUT2D eigenvalue weighted by Gasteiger charge is 2.15. The summed E-state index contributed by atoms with van der Waals surface area (Å²) in [5.41, 5.74) is 1.93. The maximum absolute atomic E-state index is 10.2. The molecule has 1 saturated heterocycles. The van der Waals surface area contributed by atoms with E-state index in [-0.39, 0.29) is 5.75 Å². The fraction of sp³-hybridized carbons (Fsp3) is 0.316. The lowest BCUT2D eigenvalue weighted by atomic mass is 10.2. The molecule has 1 fully saturated rings. The lowest BCUT2D eigenvalue weighted by Gasteiger charge is -2.34. The number of rotatable bonds is 5. The second kappa shape index (κ2) is 7.73. The van der Waals surface area contributed by atoms with Crippen molar-refractivity contribution in [1.29, 1.82) is 0 Å². The van der Waals surface area contributed by atoms with E-state index in [2.05, 4.69) is 34.3 Å². The first kappa shape index (κ1) is 16.2. The number of ether oxygens (including phenoxy) is 1. The Hall–Kier alpha value is -2.69.